The maximum absolute atomic E-state index is 12.6. The van der Waals surface area contributed by atoms with Gasteiger partial charge in [0.1, 0.15) is 4.88 Å². The van der Waals surface area contributed by atoms with Gasteiger partial charge in [-0.05, 0) is 26.2 Å². The molecule has 1 atom stereocenters. The van der Waals surface area contributed by atoms with Gasteiger partial charge in [-0.1, -0.05) is 11.3 Å². The average Bonchev–Trinajstić information content (AvgIpc) is 2.77. The number of hydrogen-bond donors (Lipinski definition) is 1. The van der Waals surface area contributed by atoms with Crippen LogP contribution in [0.1, 0.15) is 41.0 Å². The van der Waals surface area contributed by atoms with Crippen LogP contribution in [0.2, 0.25) is 0 Å². The average molecular weight is 297 g/mol. The number of anilines is 1. The Bertz CT molecular complexity index is 515. The number of nitrogens with zero attached hydrogens (tertiary/aromatic N) is 2. The molecule has 20 heavy (non-hydrogen) atoms. The Kier molecular flexibility index (Phi) is 4.59. The summed E-state index contributed by atoms with van der Waals surface area (Å²) in [6.07, 6.45) is 3.05. The third kappa shape index (κ3) is 3.09. The summed E-state index contributed by atoms with van der Waals surface area (Å²) in [6, 6.07) is -0.0913. The fraction of sp³-hybridized carbons (Fsp3) is 0.615. The molecule has 1 aliphatic rings. The van der Waals surface area contributed by atoms with Crippen LogP contribution in [0.4, 0.5) is 5.13 Å². The quantitative estimate of drug-likeness (QED) is 0.856. The molecule has 1 aromatic heterocycles. The lowest BCUT2D eigenvalue weighted by Gasteiger charge is -2.35. The number of carbonyl (C=O) groups excluding carboxylic acids is 2. The highest BCUT2D eigenvalue weighted by Crippen LogP contribution is 2.27. The van der Waals surface area contributed by atoms with Gasteiger partial charge in [-0.25, -0.2) is 4.98 Å². The first kappa shape index (κ1) is 14.8. The van der Waals surface area contributed by atoms with Crippen molar-refractivity contribution in [3.63, 3.8) is 0 Å². The Morgan fingerprint density at radius 1 is 1.50 bits per heavy atom. The normalized spacial score (nSPS) is 18.9. The van der Waals surface area contributed by atoms with Crippen LogP contribution in [-0.4, -0.2) is 41.5 Å². The molecule has 1 amide bonds. The van der Waals surface area contributed by atoms with E-state index in [2.05, 4.69) is 4.98 Å². The van der Waals surface area contributed by atoms with Crippen molar-refractivity contribution in [1.82, 2.24) is 9.88 Å². The highest BCUT2D eigenvalue weighted by atomic mass is 32.1. The van der Waals surface area contributed by atoms with Crippen molar-refractivity contribution in [1.29, 1.82) is 0 Å². The molecule has 2 rings (SSSR count). The number of amides is 1. The van der Waals surface area contributed by atoms with Crippen molar-refractivity contribution >= 4 is 28.3 Å². The van der Waals surface area contributed by atoms with Crippen LogP contribution >= 0.6 is 11.3 Å². The predicted octanol–water partition coefficient (Wildman–Crippen LogP) is 1.59. The van der Waals surface area contributed by atoms with E-state index in [1.54, 1.807) is 11.8 Å². The van der Waals surface area contributed by atoms with Crippen molar-refractivity contribution in [3.05, 3.63) is 10.6 Å². The minimum atomic E-state index is -0.282. The zero-order valence-electron chi connectivity index (χ0n) is 11.7. The SMILES string of the molecule is COC(=O)CC1CCCCN1C(=O)c1sc(N)nc1C. The first-order valence-corrected chi connectivity index (χ1v) is 7.45. The number of thiazole rings is 1. The maximum atomic E-state index is 12.6. The Hall–Kier alpha value is -1.63. The Morgan fingerprint density at radius 2 is 2.25 bits per heavy atom. The van der Waals surface area contributed by atoms with E-state index in [1.807, 2.05) is 0 Å². The molecule has 0 saturated carbocycles. The molecule has 2 N–H and O–H groups in total. The smallest absolute Gasteiger partial charge is 0.307 e. The summed E-state index contributed by atoms with van der Waals surface area (Å²) in [4.78, 5) is 30.5. The third-order valence-corrected chi connectivity index (χ3v) is 4.50. The van der Waals surface area contributed by atoms with Crippen molar-refractivity contribution in [2.75, 3.05) is 19.4 Å². The molecule has 0 aromatic carbocycles. The first-order valence-electron chi connectivity index (χ1n) is 6.63. The molecule has 7 heteroatoms. The van der Waals surface area contributed by atoms with Gasteiger partial charge in [-0.2, -0.15) is 0 Å². The molecule has 0 bridgehead atoms. The number of rotatable bonds is 3. The van der Waals surface area contributed by atoms with Crippen LogP contribution in [0.15, 0.2) is 0 Å². The van der Waals surface area contributed by atoms with E-state index in [4.69, 9.17) is 10.5 Å². The largest absolute Gasteiger partial charge is 0.469 e. The molecule has 1 unspecified atom stereocenters. The van der Waals surface area contributed by atoms with E-state index >= 15 is 0 Å². The fourth-order valence-corrected chi connectivity index (χ4v) is 3.29. The molecular formula is C13H19N3O3S. The van der Waals surface area contributed by atoms with Gasteiger partial charge in [0.2, 0.25) is 0 Å². The van der Waals surface area contributed by atoms with Crippen LogP contribution < -0.4 is 5.73 Å². The summed E-state index contributed by atoms with van der Waals surface area (Å²) in [5.41, 5.74) is 6.30. The number of esters is 1. The van der Waals surface area contributed by atoms with Gasteiger partial charge in [0, 0.05) is 12.6 Å². The van der Waals surface area contributed by atoms with E-state index < -0.39 is 0 Å². The van der Waals surface area contributed by atoms with Crippen molar-refractivity contribution in [2.24, 2.45) is 0 Å². The van der Waals surface area contributed by atoms with Crippen molar-refractivity contribution in [3.8, 4) is 0 Å². The number of aryl methyl sites for hydroxylation is 1. The zero-order valence-corrected chi connectivity index (χ0v) is 12.5. The van der Waals surface area contributed by atoms with E-state index in [1.165, 1.54) is 18.4 Å². The minimum absolute atomic E-state index is 0.0784. The molecule has 1 saturated heterocycles. The minimum Gasteiger partial charge on any atom is -0.469 e. The monoisotopic (exact) mass is 297 g/mol. The summed E-state index contributed by atoms with van der Waals surface area (Å²) >= 11 is 1.20. The molecule has 110 valence electrons. The van der Waals surface area contributed by atoms with E-state index in [9.17, 15) is 9.59 Å². The lowest BCUT2D eigenvalue weighted by molar-refractivity contribution is -0.142. The Labute approximate surface area is 121 Å². The van der Waals surface area contributed by atoms with Gasteiger partial charge in [0.05, 0.1) is 19.2 Å². The van der Waals surface area contributed by atoms with E-state index in [0.717, 1.165) is 19.3 Å². The Balaban J connectivity index is 2.17. The number of piperidine rings is 1. The van der Waals surface area contributed by atoms with Crippen molar-refractivity contribution in [2.45, 2.75) is 38.6 Å². The standard InChI is InChI=1S/C13H19N3O3S/c1-8-11(20-13(14)15-8)12(18)16-6-4-3-5-9(16)7-10(17)19-2/h9H,3-7H2,1-2H3,(H2,14,15). The van der Waals surface area contributed by atoms with Gasteiger partial charge >= 0.3 is 5.97 Å². The summed E-state index contributed by atoms with van der Waals surface area (Å²) in [7, 11) is 1.37. The van der Waals surface area contributed by atoms with Crippen LogP contribution in [0, 0.1) is 6.92 Å². The van der Waals surface area contributed by atoms with E-state index in [0.29, 0.717) is 22.2 Å². The number of nitrogen functional groups attached to an aromatic ring is 1. The molecule has 1 aromatic rings. The topological polar surface area (TPSA) is 85.5 Å². The third-order valence-electron chi connectivity index (χ3n) is 3.53. The number of likely N-dealkylation sites (tertiary alicyclic amines) is 1. The predicted molar refractivity (Wildman–Crippen MR) is 76.6 cm³/mol. The van der Waals surface area contributed by atoms with Gasteiger partial charge < -0.3 is 15.4 Å². The Morgan fingerprint density at radius 3 is 2.85 bits per heavy atom. The molecule has 1 fully saturated rings. The summed E-state index contributed by atoms with van der Waals surface area (Å²) < 4.78 is 4.71. The molecule has 0 radical (unpaired) electrons. The molecular weight excluding hydrogens is 278 g/mol. The number of ether oxygens (including phenoxy) is 1. The lowest BCUT2D eigenvalue weighted by atomic mass is 9.99. The number of nitrogens with two attached hydrogens (primary N) is 1. The number of methoxy groups -OCH3 is 1. The van der Waals surface area contributed by atoms with Crippen LogP contribution in [0.5, 0.6) is 0 Å². The van der Waals surface area contributed by atoms with Gasteiger partial charge in [-0.3, -0.25) is 9.59 Å². The van der Waals surface area contributed by atoms with E-state index in [-0.39, 0.29) is 24.3 Å². The fourth-order valence-electron chi connectivity index (χ4n) is 2.50. The molecule has 6 nitrogen and oxygen atoms in total. The maximum Gasteiger partial charge on any atom is 0.307 e. The van der Waals surface area contributed by atoms with Crippen molar-refractivity contribution < 1.29 is 14.3 Å². The van der Waals surface area contributed by atoms with Gasteiger partial charge in [0.15, 0.2) is 5.13 Å². The molecule has 2 heterocycles. The number of hydrogen-bond acceptors (Lipinski definition) is 6. The first-order chi connectivity index (χ1) is 9.52. The van der Waals surface area contributed by atoms with Crippen LogP contribution in [0.3, 0.4) is 0 Å². The number of carbonyl (C=O) groups is 2. The van der Waals surface area contributed by atoms with Gasteiger partial charge in [0.25, 0.3) is 5.91 Å². The highest BCUT2D eigenvalue weighted by Gasteiger charge is 2.31. The molecule has 1 aliphatic heterocycles. The second kappa shape index (κ2) is 6.21. The second-order valence-corrected chi connectivity index (χ2v) is 5.93. The summed E-state index contributed by atoms with van der Waals surface area (Å²) in [5, 5.41) is 0.396. The summed E-state index contributed by atoms with van der Waals surface area (Å²) in [5.74, 6) is -0.361. The molecule has 0 spiro atoms. The summed E-state index contributed by atoms with van der Waals surface area (Å²) in [6.45, 7) is 2.44. The second-order valence-electron chi connectivity index (χ2n) is 4.90. The van der Waals surface area contributed by atoms with Crippen LogP contribution in [-0.2, 0) is 9.53 Å². The molecule has 0 aliphatic carbocycles. The lowest BCUT2D eigenvalue weighted by Crippen LogP contribution is -2.44. The van der Waals surface area contributed by atoms with Crippen LogP contribution in [0.25, 0.3) is 0 Å². The zero-order chi connectivity index (χ0) is 14.7. The van der Waals surface area contributed by atoms with Gasteiger partial charge in [-0.15, -0.1) is 0 Å². The number of aromatic nitrogens is 1. The highest BCUT2D eigenvalue weighted by molar-refractivity contribution is 7.17.